The molecule has 0 saturated carbocycles. The van der Waals surface area contributed by atoms with Crippen molar-refractivity contribution in [2.24, 2.45) is 0 Å². The molecule has 0 spiro atoms. The molecule has 2 N–H and O–H groups in total. The first-order valence-corrected chi connectivity index (χ1v) is 6.38. The van der Waals surface area contributed by atoms with E-state index in [1.165, 1.54) is 12.8 Å². The third-order valence-corrected chi connectivity index (χ3v) is 3.26. The highest BCUT2D eigenvalue weighted by Crippen LogP contribution is 2.20. The predicted octanol–water partition coefficient (Wildman–Crippen LogP) is 2.46. The number of rotatable bonds is 5. The van der Waals surface area contributed by atoms with Crippen LogP contribution < -0.4 is 10.6 Å². The largest absolute Gasteiger partial charge is 0.385 e. The molecule has 1 aliphatic heterocycles. The van der Waals surface area contributed by atoms with Crippen molar-refractivity contribution in [1.29, 1.82) is 0 Å². The summed E-state index contributed by atoms with van der Waals surface area (Å²) >= 11 is 0. The fraction of sp³-hybridized carbons (Fsp3) is 0.538. The highest BCUT2D eigenvalue weighted by molar-refractivity contribution is 5.53. The van der Waals surface area contributed by atoms with Crippen LogP contribution in [-0.2, 0) is 0 Å². The Labute approximate surface area is 107 Å². The molecule has 1 aliphatic rings. The van der Waals surface area contributed by atoms with Crippen LogP contribution in [0.3, 0.4) is 0 Å². The number of nitro benzene ring substituents is 1. The van der Waals surface area contributed by atoms with E-state index < -0.39 is 0 Å². The third-order valence-electron chi connectivity index (χ3n) is 3.26. The van der Waals surface area contributed by atoms with Crippen LogP contribution in [-0.4, -0.2) is 24.1 Å². The van der Waals surface area contributed by atoms with E-state index in [4.69, 9.17) is 0 Å². The second kappa shape index (κ2) is 5.82. The minimum atomic E-state index is -0.350. The van der Waals surface area contributed by atoms with Gasteiger partial charge in [0.2, 0.25) is 0 Å². The summed E-state index contributed by atoms with van der Waals surface area (Å²) in [5.41, 5.74) is 1.89. The van der Waals surface area contributed by atoms with Gasteiger partial charge in [-0.25, -0.2) is 0 Å². The van der Waals surface area contributed by atoms with Gasteiger partial charge in [0.15, 0.2) is 0 Å². The third kappa shape index (κ3) is 3.43. The van der Waals surface area contributed by atoms with Gasteiger partial charge in [-0.05, 0) is 44.4 Å². The molecule has 0 radical (unpaired) electrons. The van der Waals surface area contributed by atoms with Crippen LogP contribution in [0.2, 0.25) is 0 Å². The number of aryl methyl sites for hydroxylation is 1. The van der Waals surface area contributed by atoms with Crippen molar-refractivity contribution >= 4 is 11.4 Å². The summed E-state index contributed by atoms with van der Waals surface area (Å²) < 4.78 is 0. The lowest BCUT2D eigenvalue weighted by molar-refractivity contribution is -0.384. The van der Waals surface area contributed by atoms with Gasteiger partial charge in [-0.15, -0.1) is 0 Å². The van der Waals surface area contributed by atoms with E-state index >= 15 is 0 Å². The molecule has 5 heteroatoms. The van der Waals surface area contributed by atoms with Crippen LogP contribution in [0.4, 0.5) is 11.4 Å². The van der Waals surface area contributed by atoms with Crippen molar-refractivity contribution < 1.29 is 4.92 Å². The molecule has 1 fully saturated rings. The smallest absolute Gasteiger partial charge is 0.271 e. The molecular formula is C13H19N3O2. The Kier molecular flexibility index (Phi) is 4.15. The van der Waals surface area contributed by atoms with Crippen LogP contribution in [0.5, 0.6) is 0 Å². The SMILES string of the molecule is Cc1cc(NCCC2CCCN2)cc([N+](=O)[O-])c1. The molecule has 0 amide bonds. The number of non-ortho nitro benzene ring substituents is 1. The minimum Gasteiger partial charge on any atom is -0.385 e. The molecule has 0 aromatic heterocycles. The Morgan fingerprint density at radius 1 is 1.50 bits per heavy atom. The van der Waals surface area contributed by atoms with E-state index in [0.29, 0.717) is 6.04 Å². The maximum Gasteiger partial charge on any atom is 0.271 e. The quantitative estimate of drug-likeness (QED) is 0.621. The molecule has 0 aliphatic carbocycles. The van der Waals surface area contributed by atoms with Gasteiger partial charge in [-0.2, -0.15) is 0 Å². The number of nitrogens with one attached hydrogen (secondary N) is 2. The topological polar surface area (TPSA) is 67.2 Å². The molecule has 1 atom stereocenters. The summed E-state index contributed by atoms with van der Waals surface area (Å²) in [7, 11) is 0. The summed E-state index contributed by atoms with van der Waals surface area (Å²) in [6, 6.07) is 5.71. The lowest BCUT2D eigenvalue weighted by Gasteiger charge is -2.11. The number of hydrogen-bond acceptors (Lipinski definition) is 4. The minimum absolute atomic E-state index is 0.150. The summed E-state index contributed by atoms with van der Waals surface area (Å²) in [5, 5.41) is 17.5. The van der Waals surface area contributed by atoms with E-state index in [1.807, 2.05) is 13.0 Å². The van der Waals surface area contributed by atoms with Crippen molar-refractivity contribution in [2.75, 3.05) is 18.4 Å². The molecule has 2 rings (SSSR count). The highest BCUT2D eigenvalue weighted by atomic mass is 16.6. The lowest BCUT2D eigenvalue weighted by Crippen LogP contribution is -2.24. The number of hydrogen-bond donors (Lipinski definition) is 2. The molecule has 18 heavy (non-hydrogen) atoms. The van der Waals surface area contributed by atoms with Gasteiger partial charge in [-0.1, -0.05) is 0 Å². The van der Waals surface area contributed by atoms with Crippen LogP contribution >= 0.6 is 0 Å². The summed E-state index contributed by atoms with van der Waals surface area (Å²) in [5.74, 6) is 0. The van der Waals surface area contributed by atoms with E-state index in [2.05, 4.69) is 10.6 Å². The first-order valence-electron chi connectivity index (χ1n) is 6.38. The predicted molar refractivity (Wildman–Crippen MR) is 72.0 cm³/mol. The van der Waals surface area contributed by atoms with Crippen molar-refractivity contribution in [2.45, 2.75) is 32.2 Å². The van der Waals surface area contributed by atoms with Gasteiger partial charge in [0, 0.05) is 30.4 Å². The molecule has 1 unspecified atom stereocenters. The zero-order valence-corrected chi connectivity index (χ0v) is 10.6. The van der Waals surface area contributed by atoms with Gasteiger partial charge in [0.1, 0.15) is 0 Å². The molecule has 1 heterocycles. The van der Waals surface area contributed by atoms with E-state index in [-0.39, 0.29) is 10.6 Å². The Hall–Kier alpha value is -1.62. The Morgan fingerprint density at radius 2 is 2.33 bits per heavy atom. The lowest BCUT2D eigenvalue weighted by atomic mass is 10.1. The van der Waals surface area contributed by atoms with Gasteiger partial charge in [0.25, 0.3) is 5.69 Å². The van der Waals surface area contributed by atoms with E-state index in [1.54, 1.807) is 12.1 Å². The van der Waals surface area contributed by atoms with Gasteiger partial charge < -0.3 is 10.6 Å². The van der Waals surface area contributed by atoms with E-state index in [0.717, 1.165) is 30.8 Å². The first-order chi connectivity index (χ1) is 8.65. The van der Waals surface area contributed by atoms with Crippen LogP contribution in [0.25, 0.3) is 0 Å². The molecule has 1 aromatic rings. The van der Waals surface area contributed by atoms with Gasteiger partial charge >= 0.3 is 0 Å². The fourth-order valence-corrected chi connectivity index (χ4v) is 2.36. The Bertz CT molecular complexity index is 428. The Balaban J connectivity index is 1.89. The number of nitrogens with zero attached hydrogens (tertiary/aromatic N) is 1. The van der Waals surface area contributed by atoms with Gasteiger partial charge in [-0.3, -0.25) is 10.1 Å². The summed E-state index contributed by atoms with van der Waals surface area (Å²) in [6.07, 6.45) is 3.54. The zero-order chi connectivity index (χ0) is 13.0. The summed E-state index contributed by atoms with van der Waals surface area (Å²) in [6.45, 7) is 3.83. The van der Waals surface area contributed by atoms with Crippen molar-refractivity contribution in [3.8, 4) is 0 Å². The number of benzene rings is 1. The number of anilines is 1. The summed E-state index contributed by atoms with van der Waals surface area (Å²) in [4.78, 5) is 10.4. The maximum absolute atomic E-state index is 10.8. The molecular weight excluding hydrogens is 230 g/mol. The molecule has 5 nitrogen and oxygen atoms in total. The highest BCUT2D eigenvalue weighted by Gasteiger charge is 2.13. The molecule has 1 saturated heterocycles. The van der Waals surface area contributed by atoms with Crippen molar-refractivity contribution in [3.05, 3.63) is 33.9 Å². The van der Waals surface area contributed by atoms with Gasteiger partial charge in [0.05, 0.1) is 4.92 Å². The average Bonchev–Trinajstić information content (AvgIpc) is 2.81. The van der Waals surface area contributed by atoms with E-state index in [9.17, 15) is 10.1 Å². The van der Waals surface area contributed by atoms with Crippen molar-refractivity contribution in [3.63, 3.8) is 0 Å². The number of nitro groups is 1. The average molecular weight is 249 g/mol. The maximum atomic E-state index is 10.8. The second-order valence-electron chi connectivity index (χ2n) is 4.82. The zero-order valence-electron chi connectivity index (χ0n) is 10.6. The standard InChI is InChI=1S/C13H19N3O2/c1-10-7-12(9-13(8-10)16(17)18)15-6-4-11-3-2-5-14-11/h7-9,11,14-15H,2-6H2,1H3. The monoisotopic (exact) mass is 249 g/mol. The second-order valence-corrected chi connectivity index (χ2v) is 4.82. The van der Waals surface area contributed by atoms with Crippen molar-refractivity contribution in [1.82, 2.24) is 5.32 Å². The van der Waals surface area contributed by atoms with Crippen LogP contribution in [0.15, 0.2) is 18.2 Å². The van der Waals surface area contributed by atoms with Crippen LogP contribution in [0.1, 0.15) is 24.8 Å². The molecule has 1 aromatic carbocycles. The molecule has 98 valence electrons. The first kappa shape index (κ1) is 12.8. The normalized spacial score (nSPS) is 18.8. The Morgan fingerprint density at radius 3 is 3.00 bits per heavy atom. The molecule has 0 bridgehead atoms. The van der Waals surface area contributed by atoms with Crippen LogP contribution in [0, 0.1) is 17.0 Å². The fourth-order valence-electron chi connectivity index (χ4n) is 2.36.